The van der Waals surface area contributed by atoms with Gasteiger partial charge in [-0.05, 0) is 26.6 Å². The molecular formula is C12H26N4O2. The maximum Gasteiger partial charge on any atom is 0.221 e. The van der Waals surface area contributed by atoms with Gasteiger partial charge in [-0.2, -0.15) is 0 Å². The first kappa shape index (κ1) is 16.9. The Morgan fingerprint density at radius 1 is 0.889 bits per heavy atom. The maximum atomic E-state index is 11.2. The summed E-state index contributed by atoms with van der Waals surface area (Å²) >= 11 is 0. The number of hydrogen-bond acceptors (Lipinski definition) is 4. The lowest BCUT2D eigenvalue weighted by atomic mass is 10.3. The molecule has 0 saturated heterocycles. The molecule has 0 aliphatic heterocycles. The summed E-state index contributed by atoms with van der Waals surface area (Å²) in [5.41, 5.74) is 0. The molecule has 0 saturated carbocycles. The molecule has 0 aliphatic rings. The van der Waals surface area contributed by atoms with Crippen molar-refractivity contribution in [2.45, 2.75) is 19.3 Å². The Hall–Kier alpha value is -1.14. The monoisotopic (exact) mass is 258 g/mol. The minimum absolute atomic E-state index is 0.0357. The molecule has 3 N–H and O–H groups in total. The topological polar surface area (TPSA) is 73.5 Å². The molecule has 0 aromatic rings. The van der Waals surface area contributed by atoms with E-state index in [1.165, 1.54) is 0 Å². The second-order valence-electron chi connectivity index (χ2n) is 4.15. The van der Waals surface area contributed by atoms with E-state index in [9.17, 15) is 9.59 Å². The summed E-state index contributed by atoms with van der Waals surface area (Å²) < 4.78 is 0. The van der Waals surface area contributed by atoms with Gasteiger partial charge < -0.3 is 20.9 Å². The smallest absolute Gasteiger partial charge is 0.221 e. The Morgan fingerprint density at radius 2 is 1.39 bits per heavy atom. The summed E-state index contributed by atoms with van der Waals surface area (Å²) in [5.74, 6) is 0.0714. The molecular weight excluding hydrogens is 232 g/mol. The van der Waals surface area contributed by atoms with E-state index in [4.69, 9.17) is 0 Å². The van der Waals surface area contributed by atoms with Crippen LogP contribution < -0.4 is 16.0 Å². The van der Waals surface area contributed by atoms with E-state index in [1.54, 1.807) is 14.1 Å². The van der Waals surface area contributed by atoms with E-state index in [0.29, 0.717) is 25.9 Å². The van der Waals surface area contributed by atoms with Gasteiger partial charge in [0.15, 0.2) is 0 Å². The fraction of sp³-hybridized carbons (Fsp3) is 0.833. The van der Waals surface area contributed by atoms with Crippen LogP contribution in [0.5, 0.6) is 0 Å². The van der Waals surface area contributed by atoms with Crippen molar-refractivity contribution in [1.82, 2.24) is 20.9 Å². The SMILES string of the molecule is CNCCCN(CCC(=O)NC)CCC(=O)NC. The van der Waals surface area contributed by atoms with Crippen LogP contribution in [0.25, 0.3) is 0 Å². The van der Waals surface area contributed by atoms with Crippen molar-refractivity contribution in [1.29, 1.82) is 0 Å². The second-order valence-corrected chi connectivity index (χ2v) is 4.15. The molecule has 0 heterocycles. The number of nitrogens with one attached hydrogen (secondary N) is 3. The van der Waals surface area contributed by atoms with Gasteiger partial charge in [-0.1, -0.05) is 0 Å². The number of amides is 2. The zero-order chi connectivity index (χ0) is 13.8. The third-order valence-electron chi connectivity index (χ3n) is 2.77. The van der Waals surface area contributed by atoms with Crippen LogP contribution in [0.4, 0.5) is 0 Å². The predicted octanol–water partition coefficient (Wildman–Crippen LogP) is -0.830. The summed E-state index contributed by atoms with van der Waals surface area (Å²) in [7, 11) is 5.19. The lowest BCUT2D eigenvalue weighted by Gasteiger charge is -2.21. The third kappa shape index (κ3) is 8.95. The van der Waals surface area contributed by atoms with E-state index >= 15 is 0 Å². The molecule has 0 atom stereocenters. The number of rotatable bonds is 10. The summed E-state index contributed by atoms with van der Waals surface area (Å²) in [6, 6.07) is 0. The van der Waals surface area contributed by atoms with Gasteiger partial charge in [0.25, 0.3) is 0 Å². The van der Waals surface area contributed by atoms with E-state index in [0.717, 1.165) is 19.5 Å². The van der Waals surface area contributed by atoms with E-state index < -0.39 is 0 Å². The largest absolute Gasteiger partial charge is 0.359 e. The van der Waals surface area contributed by atoms with Crippen molar-refractivity contribution in [2.24, 2.45) is 0 Å². The van der Waals surface area contributed by atoms with E-state index in [2.05, 4.69) is 20.9 Å². The summed E-state index contributed by atoms with van der Waals surface area (Å²) in [5, 5.41) is 8.30. The molecule has 0 bridgehead atoms. The van der Waals surface area contributed by atoms with E-state index in [1.807, 2.05) is 7.05 Å². The zero-order valence-electron chi connectivity index (χ0n) is 11.7. The highest BCUT2D eigenvalue weighted by atomic mass is 16.2. The summed E-state index contributed by atoms with van der Waals surface area (Å²) in [4.78, 5) is 24.6. The van der Waals surface area contributed by atoms with Crippen LogP contribution >= 0.6 is 0 Å². The molecule has 0 rings (SSSR count). The lowest BCUT2D eigenvalue weighted by Crippen LogP contribution is -2.34. The first-order valence-electron chi connectivity index (χ1n) is 6.42. The molecule has 0 aromatic heterocycles. The van der Waals surface area contributed by atoms with Crippen molar-refractivity contribution < 1.29 is 9.59 Å². The molecule has 6 heteroatoms. The van der Waals surface area contributed by atoms with Gasteiger partial charge in [-0.3, -0.25) is 9.59 Å². The molecule has 2 amide bonds. The van der Waals surface area contributed by atoms with E-state index in [-0.39, 0.29) is 11.8 Å². The van der Waals surface area contributed by atoms with Gasteiger partial charge in [0, 0.05) is 40.0 Å². The predicted molar refractivity (Wildman–Crippen MR) is 72.4 cm³/mol. The highest BCUT2D eigenvalue weighted by molar-refractivity contribution is 5.76. The fourth-order valence-electron chi connectivity index (χ4n) is 1.58. The minimum Gasteiger partial charge on any atom is -0.359 e. The summed E-state index contributed by atoms with van der Waals surface area (Å²) in [6.45, 7) is 3.23. The highest BCUT2D eigenvalue weighted by Crippen LogP contribution is 1.97. The van der Waals surface area contributed by atoms with Gasteiger partial charge in [0.1, 0.15) is 0 Å². The average Bonchev–Trinajstić information content (AvgIpc) is 2.40. The molecule has 6 nitrogen and oxygen atoms in total. The second kappa shape index (κ2) is 11.0. The molecule has 0 unspecified atom stereocenters. The lowest BCUT2D eigenvalue weighted by molar-refractivity contribution is -0.120. The maximum absolute atomic E-state index is 11.2. The Labute approximate surface area is 109 Å². The van der Waals surface area contributed by atoms with Crippen LogP contribution in [0.1, 0.15) is 19.3 Å². The van der Waals surface area contributed by atoms with Crippen molar-refractivity contribution in [3.63, 3.8) is 0 Å². The minimum atomic E-state index is 0.0357. The van der Waals surface area contributed by atoms with Gasteiger partial charge in [-0.25, -0.2) is 0 Å². The Kier molecular flexibility index (Phi) is 10.3. The van der Waals surface area contributed by atoms with Gasteiger partial charge in [0.2, 0.25) is 11.8 Å². The molecule has 0 radical (unpaired) electrons. The molecule has 0 fully saturated rings. The molecule has 0 aliphatic carbocycles. The van der Waals surface area contributed by atoms with Crippen molar-refractivity contribution in [3.05, 3.63) is 0 Å². The Morgan fingerprint density at radius 3 is 1.78 bits per heavy atom. The van der Waals surface area contributed by atoms with Crippen LogP contribution in [-0.2, 0) is 9.59 Å². The van der Waals surface area contributed by atoms with Crippen molar-refractivity contribution in [2.75, 3.05) is 47.3 Å². The summed E-state index contributed by atoms with van der Waals surface area (Å²) in [6.07, 6.45) is 1.96. The molecule has 18 heavy (non-hydrogen) atoms. The van der Waals surface area contributed by atoms with Crippen LogP contribution in [0.3, 0.4) is 0 Å². The van der Waals surface area contributed by atoms with Crippen LogP contribution in [-0.4, -0.2) is 64.0 Å². The normalized spacial score (nSPS) is 10.4. The quantitative estimate of drug-likeness (QED) is 0.447. The van der Waals surface area contributed by atoms with Crippen molar-refractivity contribution >= 4 is 11.8 Å². The molecule has 0 aromatic carbocycles. The fourth-order valence-corrected chi connectivity index (χ4v) is 1.58. The number of carbonyl (C=O) groups excluding carboxylic acids is 2. The number of hydrogen-bond donors (Lipinski definition) is 3. The molecule has 0 spiro atoms. The van der Waals surface area contributed by atoms with Crippen LogP contribution in [0, 0.1) is 0 Å². The van der Waals surface area contributed by atoms with Crippen molar-refractivity contribution in [3.8, 4) is 0 Å². The van der Waals surface area contributed by atoms with Gasteiger partial charge >= 0.3 is 0 Å². The first-order valence-corrected chi connectivity index (χ1v) is 6.42. The highest BCUT2D eigenvalue weighted by Gasteiger charge is 2.09. The van der Waals surface area contributed by atoms with Crippen LogP contribution in [0.2, 0.25) is 0 Å². The van der Waals surface area contributed by atoms with Crippen LogP contribution in [0.15, 0.2) is 0 Å². The zero-order valence-corrected chi connectivity index (χ0v) is 11.7. The third-order valence-corrected chi connectivity index (χ3v) is 2.77. The number of carbonyl (C=O) groups is 2. The Balaban J connectivity index is 3.98. The number of nitrogens with zero attached hydrogens (tertiary/aromatic N) is 1. The van der Waals surface area contributed by atoms with Gasteiger partial charge in [0.05, 0.1) is 0 Å². The van der Waals surface area contributed by atoms with Gasteiger partial charge in [-0.15, -0.1) is 0 Å². The average molecular weight is 258 g/mol. The first-order chi connectivity index (χ1) is 8.63. The molecule has 106 valence electrons. The standard InChI is InChI=1S/C12H26N4O2/c1-13-7-4-8-16(9-5-11(17)14-2)10-6-12(18)15-3/h13H,4-10H2,1-3H3,(H,14,17)(H,15,18). The Bertz CT molecular complexity index is 226.